The maximum Gasteiger partial charge on any atom is 0.157 e. The summed E-state index contributed by atoms with van der Waals surface area (Å²) >= 11 is 0. The monoisotopic (exact) mass is 373 g/mol. The maximum absolute atomic E-state index is 11.3. The van der Waals surface area contributed by atoms with Gasteiger partial charge in [0.05, 0.1) is 0 Å². The van der Waals surface area contributed by atoms with E-state index in [-0.39, 0.29) is 36.4 Å². The largest absolute Gasteiger partial charge is 0.412 e. The fourth-order valence-corrected chi connectivity index (χ4v) is 1.97. The molecule has 0 saturated heterocycles. The summed E-state index contributed by atoms with van der Waals surface area (Å²) in [6, 6.07) is 0. The number of carbonyl (C=O) groups excluding carboxylic acids is 4. The number of hydrogen-bond acceptors (Lipinski definition) is 7. The van der Waals surface area contributed by atoms with Crippen molar-refractivity contribution in [3.8, 4) is 0 Å². The number of Topliss-reactive ketones (excluding diaryl/α,β-unsaturated/α-hetero) is 2. The van der Waals surface area contributed by atoms with Crippen LogP contribution < -0.4 is 17.2 Å². The standard InChI is InChI=1S/C11H15NO2.C5H9NO.CH2O.CH4.H3N.H2O/c1-6-10(8(3)13)5-11(9(4)14)7(2)12-6;1-4(6)3-5(2)7;1-2;;;/h12H,5H2,1-4H3;3H,6H2,1-2H3;1H2;1H4;1H3;1H2/b;4-3+;;;;. The van der Waals surface area contributed by atoms with Crippen molar-refractivity contribution >= 4 is 24.1 Å². The van der Waals surface area contributed by atoms with Crippen LogP contribution in [0.25, 0.3) is 0 Å². The van der Waals surface area contributed by atoms with Crippen molar-refractivity contribution in [2.75, 3.05) is 0 Å². The quantitative estimate of drug-likeness (QED) is 0.633. The van der Waals surface area contributed by atoms with Gasteiger partial charge in [-0.25, -0.2) is 0 Å². The molecule has 0 aromatic carbocycles. The lowest BCUT2D eigenvalue weighted by Crippen LogP contribution is -2.23. The molecule has 0 aromatic rings. The zero-order chi connectivity index (χ0) is 18.7. The van der Waals surface area contributed by atoms with Gasteiger partial charge in [0.1, 0.15) is 6.79 Å². The third kappa shape index (κ3) is 13.8. The summed E-state index contributed by atoms with van der Waals surface area (Å²) in [7, 11) is 0. The zero-order valence-electron chi connectivity index (χ0n) is 15.9. The second-order valence-corrected chi connectivity index (χ2v) is 5.12. The number of hydrogen-bond donors (Lipinski definition) is 3. The van der Waals surface area contributed by atoms with E-state index >= 15 is 0 Å². The second-order valence-electron chi connectivity index (χ2n) is 5.12. The van der Waals surface area contributed by atoms with Crippen molar-refractivity contribution in [1.82, 2.24) is 11.5 Å². The molecule has 0 aliphatic carbocycles. The lowest BCUT2D eigenvalue weighted by atomic mass is 9.94. The summed E-state index contributed by atoms with van der Waals surface area (Å²) in [4.78, 5) is 40.6. The van der Waals surface area contributed by atoms with E-state index in [2.05, 4.69) is 5.32 Å². The first-order valence-electron chi connectivity index (χ1n) is 6.97. The molecule has 0 bridgehead atoms. The molecule has 0 spiro atoms. The van der Waals surface area contributed by atoms with E-state index < -0.39 is 0 Å². The Morgan fingerprint density at radius 2 is 1.27 bits per heavy atom. The van der Waals surface area contributed by atoms with Crippen molar-refractivity contribution in [2.45, 2.75) is 55.4 Å². The summed E-state index contributed by atoms with van der Waals surface area (Å²) in [5.41, 5.74) is 8.84. The normalized spacial score (nSPS) is 12.3. The Hall–Kier alpha value is -2.58. The maximum atomic E-state index is 11.3. The van der Waals surface area contributed by atoms with Crippen LogP contribution in [0.15, 0.2) is 34.3 Å². The molecular formula is C18H35N3O5. The predicted molar refractivity (Wildman–Crippen MR) is 106 cm³/mol. The van der Waals surface area contributed by atoms with Crippen LogP contribution in [0, 0.1) is 0 Å². The van der Waals surface area contributed by atoms with Crippen molar-refractivity contribution in [1.29, 1.82) is 0 Å². The van der Waals surface area contributed by atoms with Crippen LogP contribution in [-0.4, -0.2) is 29.6 Å². The Labute approximate surface area is 156 Å². The Morgan fingerprint density at radius 1 is 0.962 bits per heavy atom. The van der Waals surface area contributed by atoms with E-state index in [4.69, 9.17) is 10.5 Å². The first kappa shape index (κ1) is 34.7. The molecule has 0 aromatic heterocycles. The topological polar surface area (TPSA) is 173 Å². The summed E-state index contributed by atoms with van der Waals surface area (Å²) in [5, 5.41) is 3.06. The summed E-state index contributed by atoms with van der Waals surface area (Å²) in [6.45, 7) is 11.9. The van der Waals surface area contributed by atoms with Gasteiger partial charge >= 0.3 is 0 Å². The predicted octanol–water partition coefficient (Wildman–Crippen LogP) is 1.93. The minimum Gasteiger partial charge on any atom is -0.412 e. The fourth-order valence-electron chi connectivity index (χ4n) is 1.97. The van der Waals surface area contributed by atoms with Crippen molar-refractivity contribution in [3.05, 3.63) is 34.3 Å². The van der Waals surface area contributed by atoms with Crippen LogP contribution >= 0.6 is 0 Å². The summed E-state index contributed by atoms with van der Waals surface area (Å²) in [6.07, 6.45) is 1.86. The molecule has 0 saturated carbocycles. The van der Waals surface area contributed by atoms with Crippen LogP contribution in [0.4, 0.5) is 0 Å². The Morgan fingerprint density at radius 3 is 1.42 bits per heavy atom. The highest BCUT2D eigenvalue weighted by Gasteiger charge is 2.20. The number of dihydropyridines is 1. The molecule has 26 heavy (non-hydrogen) atoms. The van der Waals surface area contributed by atoms with Gasteiger partial charge in [0.15, 0.2) is 17.3 Å². The molecule has 8 N–H and O–H groups in total. The minimum absolute atomic E-state index is 0. The average Bonchev–Trinajstić information content (AvgIpc) is 2.39. The number of ketones is 3. The number of carbonyl (C=O) groups is 4. The Kier molecular flexibility index (Phi) is 23.0. The van der Waals surface area contributed by atoms with Gasteiger partial charge in [0.2, 0.25) is 0 Å². The van der Waals surface area contributed by atoms with Crippen molar-refractivity contribution in [2.24, 2.45) is 5.73 Å². The molecule has 8 nitrogen and oxygen atoms in total. The van der Waals surface area contributed by atoms with Crippen molar-refractivity contribution in [3.63, 3.8) is 0 Å². The van der Waals surface area contributed by atoms with Gasteiger partial charge in [-0.2, -0.15) is 0 Å². The number of allylic oxidation sites excluding steroid dienone is 6. The van der Waals surface area contributed by atoms with Gasteiger partial charge < -0.3 is 27.5 Å². The zero-order valence-corrected chi connectivity index (χ0v) is 15.9. The smallest absolute Gasteiger partial charge is 0.157 e. The number of nitrogens with one attached hydrogen (secondary N) is 1. The molecular weight excluding hydrogens is 338 g/mol. The van der Waals surface area contributed by atoms with E-state index in [1.54, 1.807) is 6.92 Å². The van der Waals surface area contributed by atoms with E-state index in [9.17, 15) is 14.4 Å². The first-order valence-corrected chi connectivity index (χ1v) is 6.97. The third-order valence-corrected chi connectivity index (χ3v) is 2.91. The van der Waals surface area contributed by atoms with Gasteiger partial charge in [-0.1, -0.05) is 7.43 Å². The highest BCUT2D eigenvalue weighted by atomic mass is 16.1. The number of nitrogens with two attached hydrogens (primary N) is 1. The summed E-state index contributed by atoms with van der Waals surface area (Å²) in [5.74, 6) is 0.0579. The molecule has 0 radical (unpaired) electrons. The van der Waals surface area contributed by atoms with Crippen LogP contribution in [0.1, 0.15) is 55.4 Å². The first-order chi connectivity index (χ1) is 10.6. The van der Waals surface area contributed by atoms with Crippen LogP contribution in [0.2, 0.25) is 0 Å². The van der Waals surface area contributed by atoms with Gasteiger partial charge in [0, 0.05) is 34.7 Å². The molecule has 1 aliphatic rings. The average molecular weight is 373 g/mol. The molecule has 0 atom stereocenters. The highest BCUT2D eigenvalue weighted by Crippen LogP contribution is 2.23. The second kappa shape index (κ2) is 17.2. The minimum atomic E-state index is 0. The summed E-state index contributed by atoms with van der Waals surface area (Å²) < 4.78 is 0. The van der Waals surface area contributed by atoms with Gasteiger partial charge in [0.25, 0.3) is 0 Å². The Bertz CT molecular complexity index is 537. The van der Waals surface area contributed by atoms with Gasteiger partial charge in [-0.3, -0.25) is 14.4 Å². The number of rotatable bonds is 3. The van der Waals surface area contributed by atoms with Crippen LogP contribution in [0.3, 0.4) is 0 Å². The third-order valence-electron chi connectivity index (χ3n) is 2.91. The SMILES string of the molecule is C.C=O.CC(=O)/C=C(\C)N.CC(=O)C1=C(C)NC(C)=C(C(C)=O)C1.N.O. The van der Waals surface area contributed by atoms with E-state index in [0.29, 0.717) is 23.3 Å². The van der Waals surface area contributed by atoms with Gasteiger partial charge in [-0.05, 0) is 47.6 Å². The van der Waals surface area contributed by atoms with Crippen LogP contribution in [0.5, 0.6) is 0 Å². The molecule has 1 rings (SSSR count). The highest BCUT2D eigenvalue weighted by molar-refractivity contribution is 6.00. The van der Waals surface area contributed by atoms with E-state index in [0.717, 1.165) is 11.4 Å². The van der Waals surface area contributed by atoms with E-state index in [1.165, 1.54) is 26.8 Å². The van der Waals surface area contributed by atoms with E-state index in [1.807, 2.05) is 20.6 Å². The molecule has 0 unspecified atom stereocenters. The van der Waals surface area contributed by atoms with Gasteiger partial charge in [-0.15, -0.1) is 0 Å². The molecule has 152 valence electrons. The Balaban J connectivity index is -0.000000107. The van der Waals surface area contributed by atoms with Crippen molar-refractivity contribution < 1.29 is 24.7 Å². The molecule has 8 heteroatoms. The molecule has 1 aliphatic heterocycles. The molecule has 1 heterocycles. The van der Waals surface area contributed by atoms with Crippen LogP contribution in [-0.2, 0) is 19.2 Å². The molecule has 0 fully saturated rings. The fraction of sp³-hybridized carbons (Fsp3) is 0.444. The lowest BCUT2D eigenvalue weighted by molar-refractivity contribution is -0.114. The molecule has 0 amide bonds. The lowest BCUT2D eigenvalue weighted by Gasteiger charge is -2.21.